The van der Waals surface area contributed by atoms with Crippen molar-refractivity contribution < 1.29 is 23.4 Å². The SMILES string of the molecule is CC.CCOC(=O)Cc1cn2c(-c3cc(OC)c(OC)cc3Cl)c(F)nc(Cl)c2n1. The number of carbonyl (C=O) groups excluding carboxylic acids is 1. The number of carbonyl (C=O) groups is 1. The van der Waals surface area contributed by atoms with Crippen molar-refractivity contribution >= 4 is 34.8 Å². The maximum Gasteiger partial charge on any atom is 0.311 e. The molecule has 30 heavy (non-hydrogen) atoms. The van der Waals surface area contributed by atoms with E-state index in [0.29, 0.717) is 22.8 Å². The number of esters is 1. The Kier molecular flexibility index (Phi) is 8.25. The molecule has 0 aliphatic rings. The second-order valence-electron chi connectivity index (χ2n) is 5.64. The molecule has 0 atom stereocenters. The molecular weight excluding hydrogens is 436 g/mol. The highest BCUT2D eigenvalue weighted by Crippen LogP contribution is 2.39. The lowest BCUT2D eigenvalue weighted by molar-refractivity contribution is -0.142. The third kappa shape index (κ3) is 4.76. The first-order chi connectivity index (χ1) is 14.4. The largest absolute Gasteiger partial charge is 0.493 e. The molecule has 3 aromatic rings. The van der Waals surface area contributed by atoms with Crippen LogP contribution in [-0.4, -0.2) is 41.2 Å². The molecule has 0 saturated carbocycles. The normalized spacial score (nSPS) is 10.4. The lowest BCUT2D eigenvalue weighted by Gasteiger charge is -2.13. The van der Waals surface area contributed by atoms with Gasteiger partial charge in [-0.1, -0.05) is 37.0 Å². The molecule has 0 N–H and O–H groups in total. The van der Waals surface area contributed by atoms with E-state index in [1.807, 2.05) is 13.8 Å². The zero-order chi connectivity index (χ0) is 22.4. The molecule has 0 amide bonds. The van der Waals surface area contributed by atoms with E-state index in [2.05, 4.69) is 9.97 Å². The van der Waals surface area contributed by atoms with E-state index in [0.717, 1.165) is 0 Å². The van der Waals surface area contributed by atoms with Gasteiger partial charge < -0.3 is 14.2 Å². The number of rotatable bonds is 6. The van der Waals surface area contributed by atoms with E-state index in [4.69, 9.17) is 37.4 Å². The summed E-state index contributed by atoms with van der Waals surface area (Å²) in [5, 5.41) is 0.0653. The molecule has 0 unspecified atom stereocenters. The van der Waals surface area contributed by atoms with Crippen LogP contribution in [0.5, 0.6) is 11.5 Å². The molecule has 0 saturated heterocycles. The maximum absolute atomic E-state index is 14.8. The molecule has 10 heteroatoms. The smallest absolute Gasteiger partial charge is 0.311 e. The van der Waals surface area contributed by atoms with Gasteiger partial charge in [-0.05, 0) is 13.0 Å². The van der Waals surface area contributed by atoms with Crippen molar-refractivity contribution in [1.82, 2.24) is 14.4 Å². The summed E-state index contributed by atoms with van der Waals surface area (Å²) in [7, 11) is 2.92. The fourth-order valence-electron chi connectivity index (χ4n) is 2.76. The first-order valence-corrected chi connectivity index (χ1v) is 9.95. The van der Waals surface area contributed by atoms with Crippen LogP contribution in [-0.2, 0) is 16.0 Å². The number of imidazole rings is 1. The molecule has 0 bridgehead atoms. The summed E-state index contributed by atoms with van der Waals surface area (Å²) >= 11 is 12.4. The van der Waals surface area contributed by atoms with Gasteiger partial charge in [0.05, 0.1) is 38.0 Å². The Balaban J connectivity index is 0.00000155. The Morgan fingerprint density at radius 2 is 1.77 bits per heavy atom. The zero-order valence-electron chi connectivity index (χ0n) is 17.3. The molecule has 2 heterocycles. The molecule has 3 rings (SSSR count). The van der Waals surface area contributed by atoms with E-state index >= 15 is 0 Å². The molecule has 0 fully saturated rings. The molecule has 162 valence electrons. The number of aromatic nitrogens is 3. The maximum atomic E-state index is 14.8. The summed E-state index contributed by atoms with van der Waals surface area (Å²) in [5.74, 6) is -0.562. The van der Waals surface area contributed by atoms with E-state index in [1.54, 1.807) is 6.92 Å². The van der Waals surface area contributed by atoms with Crippen LogP contribution in [0.1, 0.15) is 26.5 Å². The second kappa shape index (κ2) is 10.4. The van der Waals surface area contributed by atoms with Gasteiger partial charge in [0, 0.05) is 17.8 Å². The predicted molar refractivity (Wildman–Crippen MR) is 113 cm³/mol. The van der Waals surface area contributed by atoms with E-state index in [1.165, 1.54) is 36.9 Å². The van der Waals surface area contributed by atoms with Crippen molar-refractivity contribution in [2.45, 2.75) is 27.2 Å². The lowest BCUT2D eigenvalue weighted by atomic mass is 10.1. The summed E-state index contributed by atoms with van der Waals surface area (Å²) in [4.78, 5) is 19.7. The summed E-state index contributed by atoms with van der Waals surface area (Å²) in [6.45, 7) is 5.95. The van der Waals surface area contributed by atoms with Crippen LogP contribution in [0.4, 0.5) is 4.39 Å². The number of hydrogen-bond donors (Lipinski definition) is 0. The third-order valence-electron chi connectivity index (χ3n) is 3.93. The summed E-state index contributed by atoms with van der Waals surface area (Å²) in [6, 6.07) is 3.03. The third-order valence-corrected chi connectivity index (χ3v) is 4.50. The van der Waals surface area contributed by atoms with Crippen molar-refractivity contribution in [3.63, 3.8) is 0 Å². The van der Waals surface area contributed by atoms with E-state index in [9.17, 15) is 9.18 Å². The quantitative estimate of drug-likeness (QED) is 0.485. The Bertz CT molecular complexity index is 1060. The van der Waals surface area contributed by atoms with E-state index < -0.39 is 11.9 Å². The molecule has 7 nitrogen and oxygen atoms in total. The van der Waals surface area contributed by atoms with Gasteiger partial charge in [0.25, 0.3) is 0 Å². The molecule has 0 aliphatic carbocycles. The molecule has 1 aromatic carbocycles. The van der Waals surface area contributed by atoms with Gasteiger partial charge in [0.15, 0.2) is 22.3 Å². The highest BCUT2D eigenvalue weighted by Gasteiger charge is 2.22. The fourth-order valence-corrected chi connectivity index (χ4v) is 3.21. The van der Waals surface area contributed by atoms with Crippen LogP contribution in [0.3, 0.4) is 0 Å². The van der Waals surface area contributed by atoms with Crippen molar-refractivity contribution in [2.24, 2.45) is 0 Å². The van der Waals surface area contributed by atoms with Gasteiger partial charge >= 0.3 is 5.97 Å². The van der Waals surface area contributed by atoms with Gasteiger partial charge in [-0.25, -0.2) is 9.97 Å². The predicted octanol–water partition coefficient (Wildman–Crippen LogP) is 4.99. The van der Waals surface area contributed by atoms with Crippen molar-refractivity contribution in [1.29, 1.82) is 0 Å². The molecule has 2 aromatic heterocycles. The number of methoxy groups -OCH3 is 2. The van der Waals surface area contributed by atoms with Gasteiger partial charge in [-0.2, -0.15) is 4.39 Å². The van der Waals surface area contributed by atoms with Crippen LogP contribution in [0.2, 0.25) is 10.2 Å². The zero-order valence-corrected chi connectivity index (χ0v) is 18.8. The molecule has 0 radical (unpaired) electrons. The second-order valence-corrected chi connectivity index (χ2v) is 6.40. The number of ether oxygens (including phenoxy) is 3. The van der Waals surface area contributed by atoms with Gasteiger partial charge in [0.1, 0.15) is 5.69 Å². The van der Waals surface area contributed by atoms with Crippen LogP contribution in [0.15, 0.2) is 18.3 Å². The molecular formula is C20H22Cl2FN3O4. The average molecular weight is 458 g/mol. The van der Waals surface area contributed by atoms with Crippen LogP contribution in [0, 0.1) is 5.95 Å². The average Bonchev–Trinajstić information content (AvgIpc) is 3.14. The minimum atomic E-state index is -0.855. The lowest BCUT2D eigenvalue weighted by Crippen LogP contribution is -2.07. The van der Waals surface area contributed by atoms with Crippen molar-refractivity contribution in [3.8, 4) is 22.8 Å². The fraction of sp³-hybridized carbons (Fsp3) is 0.350. The summed E-state index contributed by atoms with van der Waals surface area (Å²) in [5.41, 5.74) is 0.854. The highest BCUT2D eigenvalue weighted by atomic mass is 35.5. The number of nitrogens with zero attached hydrogens (tertiary/aromatic N) is 3. The topological polar surface area (TPSA) is 75.0 Å². The minimum Gasteiger partial charge on any atom is -0.493 e. The number of halogens is 3. The number of benzene rings is 1. The Morgan fingerprint density at radius 3 is 2.37 bits per heavy atom. The van der Waals surface area contributed by atoms with Crippen molar-refractivity contribution in [2.75, 3.05) is 20.8 Å². The summed E-state index contributed by atoms with van der Waals surface area (Å²) < 4.78 is 31.6. The Labute approximate surface area is 183 Å². The standard InChI is InChI=1S/C18H16Cl2FN3O4.C2H6/c1-4-28-14(25)5-9-8-24-15(17(21)23-16(20)18(24)22-9)10-6-12(26-2)13(27-3)7-11(10)19;1-2/h6-8H,4-5H2,1-3H3;1-2H3. The van der Waals surface area contributed by atoms with Crippen LogP contribution >= 0.6 is 23.2 Å². The first kappa shape index (κ1) is 23.7. The Hall–Kier alpha value is -2.58. The monoisotopic (exact) mass is 457 g/mol. The Morgan fingerprint density at radius 1 is 1.13 bits per heavy atom. The van der Waals surface area contributed by atoms with Gasteiger partial charge in [-0.15, -0.1) is 0 Å². The van der Waals surface area contributed by atoms with Gasteiger partial charge in [-0.3, -0.25) is 9.20 Å². The summed E-state index contributed by atoms with van der Waals surface area (Å²) in [6.07, 6.45) is 1.40. The van der Waals surface area contributed by atoms with Crippen LogP contribution < -0.4 is 9.47 Å². The number of hydrogen-bond acceptors (Lipinski definition) is 6. The van der Waals surface area contributed by atoms with E-state index in [-0.39, 0.29) is 34.5 Å². The van der Waals surface area contributed by atoms with Crippen LogP contribution in [0.25, 0.3) is 16.9 Å². The van der Waals surface area contributed by atoms with Crippen molar-refractivity contribution in [3.05, 3.63) is 40.1 Å². The molecule has 0 spiro atoms. The molecule has 0 aliphatic heterocycles. The minimum absolute atomic E-state index is 0.0213. The highest BCUT2D eigenvalue weighted by molar-refractivity contribution is 6.34. The first-order valence-electron chi connectivity index (χ1n) is 9.20. The van der Waals surface area contributed by atoms with Gasteiger partial charge in [0.2, 0.25) is 5.95 Å². The number of fused-ring (bicyclic) bond motifs is 1.